The third kappa shape index (κ3) is 2.82. The van der Waals surface area contributed by atoms with Crippen molar-refractivity contribution in [3.05, 3.63) is 34.9 Å². The molecule has 2 aromatic rings. The minimum absolute atomic E-state index is 0.194. The van der Waals surface area contributed by atoms with Gasteiger partial charge in [0, 0.05) is 34.1 Å². The van der Waals surface area contributed by atoms with Gasteiger partial charge in [-0.15, -0.1) is 0 Å². The number of aliphatic hydroxyl groups is 1. The van der Waals surface area contributed by atoms with E-state index in [1.165, 1.54) is 0 Å². The molecule has 0 bridgehead atoms. The van der Waals surface area contributed by atoms with Gasteiger partial charge in [-0.1, -0.05) is 35.0 Å². The van der Waals surface area contributed by atoms with Crippen LogP contribution in [0.3, 0.4) is 0 Å². The lowest BCUT2D eigenvalue weighted by atomic mass is 10.1. The molecule has 2 rings (SSSR count). The predicted octanol–water partition coefficient (Wildman–Crippen LogP) is 3.57. The van der Waals surface area contributed by atoms with Gasteiger partial charge in [-0.3, -0.25) is 0 Å². The predicted molar refractivity (Wildman–Crippen MR) is 78.8 cm³/mol. The zero-order valence-corrected chi connectivity index (χ0v) is 11.9. The van der Waals surface area contributed by atoms with Crippen molar-refractivity contribution in [2.45, 2.75) is 25.8 Å². The van der Waals surface area contributed by atoms with Crippen molar-refractivity contribution >= 4 is 32.5 Å². The maximum Gasteiger partial charge on any atom is 0.134 e. The van der Waals surface area contributed by atoms with E-state index in [1.54, 1.807) is 6.20 Å². The molecule has 96 valence electrons. The topological polar surface area (TPSA) is 45.1 Å². The van der Waals surface area contributed by atoms with Crippen molar-refractivity contribution in [2.75, 3.05) is 11.9 Å². The molecule has 0 aliphatic heterocycles. The molecule has 3 nitrogen and oxygen atoms in total. The van der Waals surface area contributed by atoms with E-state index in [9.17, 15) is 0 Å². The second-order valence-corrected chi connectivity index (χ2v) is 5.11. The van der Waals surface area contributed by atoms with Crippen LogP contribution in [0, 0.1) is 0 Å². The molecular formula is C14H17BrN2O. The maximum absolute atomic E-state index is 9.04. The number of hydrogen-bond acceptors (Lipinski definition) is 3. The van der Waals surface area contributed by atoms with Crippen LogP contribution in [-0.2, 0) is 0 Å². The average molecular weight is 309 g/mol. The summed E-state index contributed by atoms with van der Waals surface area (Å²) in [5.74, 6) is 0.883. The number of benzene rings is 1. The number of nitrogens with one attached hydrogen (secondary N) is 1. The first-order valence-corrected chi connectivity index (χ1v) is 6.96. The monoisotopic (exact) mass is 308 g/mol. The fourth-order valence-electron chi connectivity index (χ4n) is 2.01. The molecule has 0 aliphatic rings. The number of aliphatic hydroxyl groups excluding tert-OH is 1. The number of rotatable bonds is 5. The Morgan fingerprint density at radius 3 is 2.89 bits per heavy atom. The zero-order chi connectivity index (χ0) is 13.0. The highest BCUT2D eigenvalue weighted by Crippen LogP contribution is 2.28. The van der Waals surface area contributed by atoms with Gasteiger partial charge in [0.15, 0.2) is 0 Å². The summed E-state index contributed by atoms with van der Waals surface area (Å²) >= 11 is 3.55. The van der Waals surface area contributed by atoms with Gasteiger partial charge in [0.25, 0.3) is 0 Å². The molecule has 1 aromatic carbocycles. The van der Waals surface area contributed by atoms with E-state index >= 15 is 0 Å². The summed E-state index contributed by atoms with van der Waals surface area (Å²) in [5.41, 5.74) is 0. The van der Waals surface area contributed by atoms with Crippen LogP contribution in [0.25, 0.3) is 10.8 Å². The van der Waals surface area contributed by atoms with Gasteiger partial charge in [-0.25, -0.2) is 4.98 Å². The summed E-state index contributed by atoms with van der Waals surface area (Å²) in [5, 5.41) is 14.7. The Morgan fingerprint density at radius 1 is 1.33 bits per heavy atom. The number of halogens is 1. The van der Waals surface area contributed by atoms with Crippen LogP contribution in [0.1, 0.15) is 19.8 Å². The molecule has 1 unspecified atom stereocenters. The van der Waals surface area contributed by atoms with Crippen LogP contribution in [0.4, 0.5) is 5.82 Å². The third-order valence-corrected chi connectivity index (χ3v) is 3.76. The van der Waals surface area contributed by atoms with E-state index in [2.05, 4.69) is 39.2 Å². The minimum atomic E-state index is 0.194. The molecule has 4 heteroatoms. The van der Waals surface area contributed by atoms with Gasteiger partial charge in [0.1, 0.15) is 5.82 Å². The Bertz CT molecular complexity index is 530. The molecule has 0 aliphatic carbocycles. The first-order chi connectivity index (χ1) is 8.76. The lowest BCUT2D eigenvalue weighted by Crippen LogP contribution is -2.20. The van der Waals surface area contributed by atoms with Crippen LogP contribution in [-0.4, -0.2) is 22.7 Å². The number of pyridine rings is 1. The van der Waals surface area contributed by atoms with E-state index in [0.717, 1.165) is 33.9 Å². The normalized spacial score (nSPS) is 12.6. The lowest BCUT2D eigenvalue weighted by molar-refractivity contribution is 0.278. The molecule has 1 aromatic heterocycles. The molecule has 18 heavy (non-hydrogen) atoms. The Kier molecular flexibility index (Phi) is 4.55. The van der Waals surface area contributed by atoms with Gasteiger partial charge in [0.05, 0.1) is 0 Å². The Balaban J connectivity index is 2.36. The summed E-state index contributed by atoms with van der Waals surface area (Å²) in [4.78, 5) is 4.40. The van der Waals surface area contributed by atoms with Crippen LogP contribution in [0.2, 0.25) is 0 Å². The van der Waals surface area contributed by atoms with Crippen molar-refractivity contribution < 1.29 is 5.11 Å². The van der Waals surface area contributed by atoms with E-state index < -0.39 is 0 Å². The highest BCUT2D eigenvalue weighted by molar-refractivity contribution is 9.10. The highest BCUT2D eigenvalue weighted by Gasteiger charge is 2.09. The molecule has 0 amide bonds. The first kappa shape index (κ1) is 13.3. The molecule has 0 radical (unpaired) electrons. The fraction of sp³-hybridized carbons (Fsp3) is 0.357. The van der Waals surface area contributed by atoms with Crippen LogP contribution >= 0.6 is 15.9 Å². The Labute approximate surface area is 115 Å². The number of anilines is 1. The maximum atomic E-state index is 9.04. The minimum Gasteiger partial charge on any atom is -0.396 e. The molecule has 2 N–H and O–H groups in total. The summed E-state index contributed by atoms with van der Waals surface area (Å²) in [7, 11) is 0. The van der Waals surface area contributed by atoms with Gasteiger partial charge in [0.2, 0.25) is 0 Å². The summed E-state index contributed by atoms with van der Waals surface area (Å²) in [6, 6.07) is 8.34. The molecule has 0 saturated heterocycles. The van der Waals surface area contributed by atoms with Crippen LogP contribution < -0.4 is 5.32 Å². The Hall–Kier alpha value is -1.13. The molecule has 0 fully saturated rings. The summed E-state index contributed by atoms with van der Waals surface area (Å²) in [6.45, 7) is 2.30. The smallest absolute Gasteiger partial charge is 0.134 e. The number of aromatic nitrogens is 1. The number of fused-ring (bicyclic) bond motifs is 1. The number of nitrogens with zero attached hydrogens (tertiary/aromatic N) is 1. The van der Waals surface area contributed by atoms with Gasteiger partial charge in [-0.05, 0) is 25.0 Å². The number of hydrogen-bond donors (Lipinski definition) is 2. The van der Waals surface area contributed by atoms with Crippen molar-refractivity contribution in [3.8, 4) is 0 Å². The van der Waals surface area contributed by atoms with Crippen LogP contribution in [0.15, 0.2) is 34.9 Å². The molecule has 0 saturated carbocycles. The van der Waals surface area contributed by atoms with E-state index in [-0.39, 0.29) is 12.6 Å². The average Bonchev–Trinajstić information content (AvgIpc) is 2.39. The molecule has 1 atom stereocenters. The zero-order valence-electron chi connectivity index (χ0n) is 10.4. The lowest BCUT2D eigenvalue weighted by Gasteiger charge is -2.17. The van der Waals surface area contributed by atoms with Gasteiger partial charge >= 0.3 is 0 Å². The first-order valence-electron chi connectivity index (χ1n) is 6.17. The molecule has 1 heterocycles. The second kappa shape index (κ2) is 6.16. The third-order valence-electron chi connectivity index (χ3n) is 3.06. The quantitative estimate of drug-likeness (QED) is 0.887. The van der Waals surface area contributed by atoms with Crippen LogP contribution in [0.5, 0.6) is 0 Å². The van der Waals surface area contributed by atoms with Crippen molar-refractivity contribution in [3.63, 3.8) is 0 Å². The van der Waals surface area contributed by atoms with Gasteiger partial charge < -0.3 is 10.4 Å². The van der Waals surface area contributed by atoms with Crippen molar-refractivity contribution in [1.29, 1.82) is 0 Å². The molecular weight excluding hydrogens is 292 g/mol. The van der Waals surface area contributed by atoms with Crippen molar-refractivity contribution in [1.82, 2.24) is 4.98 Å². The fourth-order valence-corrected chi connectivity index (χ4v) is 2.51. The molecule has 0 spiro atoms. The Morgan fingerprint density at radius 2 is 2.17 bits per heavy atom. The van der Waals surface area contributed by atoms with E-state index in [0.29, 0.717) is 0 Å². The van der Waals surface area contributed by atoms with E-state index in [4.69, 9.17) is 5.11 Å². The highest BCUT2D eigenvalue weighted by atomic mass is 79.9. The second-order valence-electron chi connectivity index (χ2n) is 4.26. The summed E-state index contributed by atoms with van der Waals surface area (Å²) in [6.07, 6.45) is 3.51. The summed E-state index contributed by atoms with van der Waals surface area (Å²) < 4.78 is 1.07. The SMILES string of the molecule is CCC(CCO)Nc1nccc2c(Br)cccc12. The standard InChI is InChI=1S/C14H17BrN2O/c1-2-10(7-9-18)17-14-12-4-3-5-13(15)11(12)6-8-16-14/h3-6,8,10,18H,2,7,9H2,1H3,(H,16,17). The van der Waals surface area contributed by atoms with E-state index in [1.807, 2.05) is 18.2 Å². The van der Waals surface area contributed by atoms with Gasteiger partial charge in [-0.2, -0.15) is 0 Å². The van der Waals surface area contributed by atoms with Crippen molar-refractivity contribution in [2.24, 2.45) is 0 Å². The largest absolute Gasteiger partial charge is 0.396 e.